The van der Waals surface area contributed by atoms with E-state index in [-0.39, 0.29) is 11.5 Å². The molecule has 5 heteroatoms. The Balaban J connectivity index is 1.51. The van der Waals surface area contributed by atoms with Gasteiger partial charge in [0.05, 0.1) is 5.02 Å². The summed E-state index contributed by atoms with van der Waals surface area (Å²) in [6.07, 6.45) is 3.03. The van der Waals surface area contributed by atoms with E-state index < -0.39 is 0 Å². The second-order valence-electron chi connectivity index (χ2n) is 6.05. The number of halogens is 2. The Hall–Kier alpha value is -3.01. The third kappa shape index (κ3) is 3.96. The summed E-state index contributed by atoms with van der Waals surface area (Å²) >= 11 is 12.2. The van der Waals surface area contributed by atoms with Gasteiger partial charge >= 0.3 is 0 Å². The van der Waals surface area contributed by atoms with Crippen LogP contribution in [0.25, 0.3) is 28.7 Å². The number of hydrogen-bond acceptors (Lipinski definition) is 3. The molecule has 3 nitrogen and oxygen atoms in total. The van der Waals surface area contributed by atoms with Gasteiger partial charge in [0, 0.05) is 16.1 Å². The second-order valence-corrected chi connectivity index (χ2v) is 6.90. The van der Waals surface area contributed by atoms with E-state index in [2.05, 4.69) is 0 Å². The molecule has 138 valence electrons. The quantitative estimate of drug-likeness (QED) is 0.255. The van der Waals surface area contributed by atoms with E-state index in [1.54, 1.807) is 36.4 Å². The number of carbonyl (C=O) groups excluding carboxylic acids is 1. The molecule has 0 saturated carbocycles. The maximum absolute atomic E-state index is 12.4. The van der Waals surface area contributed by atoms with Crippen molar-refractivity contribution in [2.45, 2.75) is 0 Å². The third-order valence-corrected chi connectivity index (χ3v) is 4.69. The standard InChI is InChI=1S/C23H14Cl2O3/c24-16-6-9-19(25)18(14-16)22-12-13-23(28-22)20(26)10-7-17-8-11-21(27-17)15-4-2-1-3-5-15/h1-14H/b10-7+. The lowest BCUT2D eigenvalue weighted by Crippen LogP contribution is -1.90. The zero-order valence-corrected chi connectivity index (χ0v) is 16.1. The normalized spacial score (nSPS) is 11.2. The largest absolute Gasteiger partial charge is 0.457 e. The van der Waals surface area contributed by atoms with Crippen LogP contribution in [0.15, 0.2) is 87.7 Å². The Bertz CT molecular complexity index is 1150. The number of furan rings is 2. The SMILES string of the molecule is O=C(/C=C/c1ccc(-c2ccccc2)o1)c1ccc(-c2cc(Cl)ccc2Cl)o1. The summed E-state index contributed by atoms with van der Waals surface area (Å²) in [7, 11) is 0. The molecular formula is C23H14Cl2O3. The summed E-state index contributed by atoms with van der Waals surface area (Å²) in [5.41, 5.74) is 1.61. The molecule has 2 aromatic heterocycles. The van der Waals surface area contributed by atoms with Crippen molar-refractivity contribution in [1.82, 2.24) is 0 Å². The van der Waals surface area contributed by atoms with E-state index in [1.165, 1.54) is 6.08 Å². The van der Waals surface area contributed by atoms with Gasteiger partial charge in [-0.1, -0.05) is 53.5 Å². The first kappa shape index (κ1) is 18.4. The minimum absolute atomic E-state index is 0.206. The molecule has 0 atom stereocenters. The van der Waals surface area contributed by atoms with Crippen molar-refractivity contribution in [3.8, 4) is 22.6 Å². The maximum Gasteiger partial charge on any atom is 0.221 e. The van der Waals surface area contributed by atoms with Gasteiger partial charge in [-0.2, -0.15) is 0 Å². The molecule has 28 heavy (non-hydrogen) atoms. The van der Waals surface area contributed by atoms with Gasteiger partial charge < -0.3 is 8.83 Å². The number of benzene rings is 2. The van der Waals surface area contributed by atoms with Crippen molar-refractivity contribution in [3.05, 3.63) is 100 Å². The van der Waals surface area contributed by atoms with Crippen molar-refractivity contribution in [3.63, 3.8) is 0 Å². The Morgan fingerprint density at radius 1 is 0.821 bits per heavy atom. The van der Waals surface area contributed by atoms with Crippen molar-refractivity contribution >= 4 is 35.1 Å². The molecule has 2 heterocycles. The lowest BCUT2D eigenvalue weighted by atomic mass is 10.2. The van der Waals surface area contributed by atoms with Crippen molar-refractivity contribution in [1.29, 1.82) is 0 Å². The molecule has 0 bridgehead atoms. The van der Waals surface area contributed by atoms with Gasteiger partial charge in [-0.25, -0.2) is 0 Å². The van der Waals surface area contributed by atoms with Crippen LogP contribution in [0.5, 0.6) is 0 Å². The van der Waals surface area contributed by atoms with Crippen molar-refractivity contribution in [2.24, 2.45) is 0 Å². The van der Waals surface area contributed by atoms with Gasteiger partial charge in [0.25, 0.3) is 0 Å². The minimum atomic E-state index is -0.276. The number of allylic oxidation sites excluding steroid dienone is 1. The summed E-state index contributed by atoms with van der Waals surface area (Å²) in [4.78, 5) is 12.4. The Morgan fingerprint density at radius 2 is 1.61 bits per heavy atom. The average Bonchev–Trinajstić information content (AvgIpc) is 3.38. The molecule has 0 aliphatic heterocycles. The summed E-state index contributed by atoms with van der Waals surface area (Å²) < 4.78 is 11.4. The summed E-state index contributed by atoms with van der Waals surface area (Å²) in [6.45, 7) is 0. The molecule has 0 amide bonds. The topological polar surface area (TPSA) is 43.4 Å². The van der Waals surface area contributed by atoms with E-state index in [1.807, 2.05) is 42.5 Å². The summed E-state index contributed by atoms with van der Waals surface area (Å²) in [6, 6.07) is 21.8. The first-order valence-electron chi connectivity index (χ1n) is 8.53. The molecule has 0 aliphatic rings. The third-order valence-electron chi connectivity index (χ3n) is 4.13. The Kier molecular flexibility index (Phi) is 5.20. The van der Waals surface area contributed by atoms with E-state index in [4.69, 9.17) is 32.0 Å². The molecule has 4 aromatic rings. The molecule has 2 aromatic carbocycles. The van der Waals surface area contributed by atoms with Gasteiger partial charge in [-0.15, -0.1) is 0 Å². The fourth-order valence-corrected chi connectivity index (χ4v) is 3.12. The smallest absolute Gasteiger partial charge is 0.221 e. The Labute approximate surface area is 171 Å². The highest BCUT2D eigenvalue weighted by Gasteiger charge is 2.13. The molecule has 0 saturated heterocycles. The monoisotopic (exact) mass is 408 g/mol. The van der Waals surface area contributed by atoms with Gasteiger partial charge in [0.1, 0.15) is 17.3 Å². The molecular weight excluding hydrogens is 395 g/mol. The van der Waals surface area contributed by atoms with Crippen LogP contribution in [0.4, 0.5) is 0 Å². The van der Waals surface area contributed by atoms with E-state index >= 15 is 0 Å². The second kappa shape index (κ2) is 7.93. The van der Waals surface area contributed by atoms with Gasteiger partial charge in [-0.3, -0.25) is 4.79 Å². The zero-order chi connectivity index (χ0) is 19.5. The first-order chi connectivity index (χ1) is 13.6. The zero-order valence-electron chi connectivity index (χ0n) is 14.6. The van der Waals surface area contributed by atoms with E-state index in [0.29, 0.717) is 27.1 Å². The predicted molar refractivity (Wildman–Crippen MR) is 112 cm³/mol. The number of carbonyl (C=O) groups is 1. The number of hydrogen-bond donors (Lipinski definition) is 0. The minimum Gasteiger partial charge on any atom is -0.457 e. The highest BCUT2D eigenvalue weighted by molar-refractivity contribution is 6.35. The first-order valence-corrected chi connectivity index (χ1v) is 9.29. The lowest BCUT2D eigenvalue weighted by Gasteiger charge is -2.01. The molecule has 0 fully saturated rings. The highest BCUT2D eigenvalue weighted by Crippen LogP contribution is 2.32. The van der Waals surface area contributed by atoms with E-state index in [0.717, 1.165) is 11.3 Å². The summed E-state index contributed by atoms with van der Waals surface area (Å²) in [5.74, 6) is 1.73. The van der Waals surface area contributed by atoms with Gasteiger partial charge in [0.15, 0.2) is 5.76 Å². The fraction of sp³-hybridized carbons (Fsp3) is 0. The molecule has 0 spiro atoms. The van der Waals surface area contributed by atoms with Crippen LogP contribution in [0.3, 0.4) is 0 Å². The maximum atomic E-state index is 12.4. The predicted octanol–water partition coefficient (Wildman–Crippen LogP) is 7.41. The Morgan fingerprint density at radius 3 is 2.43 bits per heavy atom. The number of rotatable bonds is 5. The summed E-state index contributed by atoms with van der Waals surface area (Å²) in [5, 5.41) is 1.04. The van der Waals surface area contributed by atoms with Crippen LogP contribution in [-0.4, -0.2) is 5.78 Å². The van der Waals surface area contributed by atoms with Gasteiger partial charge in [-0.05, 0) is 54.6 Å². The fourth-order valence-electron chi connectivity index (χ4n) is 2.74. The van der Waals surface area contributed by atoms with Crippen LogP contribution in [-0.2, 0) is 0 Å². The van der Waals surface area contributed by atoms with Crippen LogP contribution in [0, 0.1) is 0 Å². The average molecular weight is 409 g/mol. The van der Waals surface area contributed by atoms with Crippen LogP contribution >= 0.6 is 23.2 Å². The molecule has 0 unspecified atom stereocenters. The molecule has 4 rings (SSSR count). The van der Waals surface area contributed by atoms with Crippen LogP contribution in [0.2, 0.25) is 10.0 Å². The van der Waals surface area contributed by atoms with Crippen LogP contribution < -0.4 is 0 Å². The van der Waals surface area contributed by atoms with Gasteiger partial charge in [0.2, 0.25) is 5.78 Å². The number of ketones is 1. The van der Waals surface area contributed by atoms with Crippen molar-refractivity contribution in [2.75, 3.05) is 0 Å². The van der Waals surface area contributed by atoms with Crippen molar-refractivity contribution < 1.29 is 13.6 Å². The highest BCUT2D eigenvalue weighted by atomic mass is 35.5. The van der Waals surface area contributed by atoms with E-state index in [9.17, 15) is 4.79 Å². The van der Waals surface area contributed by atoms with Crippen LogP contribution in [0.1, 0.15) is 16.3 Å². The molecule has 0 aliphatic carbocycles. The molecule has 0 radical (unpaired) electrons. The lowest BCUT2D eigenvalue weighted by molar-refractivity contribution is 0.102. The molecule has 0 N–H and O–H groups in total.